The second-order valence-corrected chi connectivity index (χ2v) is 21.7. The van der Waals surface area contributed by atoms with Gasteiger partial charge in [0.15, 0.2) is 5.75 Å². The molecule has 0 aliphatic heterocycles. The molecule has 0 fully saturated rings. The molecule has 4 aromatic heterocycles. The van der Waals surface area contributed by atoms with Gasteiger partial charge >= 0.3 is 11.7 Å². The molecule has 502 valence electrons. The maximum absolute atomic E-state index is 13.2. The van der Waals surface area contributed by atoms with Crippen LogP contribution in [0.3, 0.4) is 0 Å². The standard InChI is InChI=1S/C21H19N3O5.C19H19N3O2.C18H16ClN3O.C18H16FN3O/c1-3-29-21(25)16-5-4-6-17(11-16)23-20-13-15(9-10-22-20)14-7-8-19(28-2)18(12-14)24(26)27;1-23-16-5-3-4-15(12-16)22-19-11-14(8-9-21-19)13-6-7-18(24-2)17(20)10-13;2*1-23-17-6-5-12(9-16(17)20)13-7-8-21-18(10-13)22-15-4-2-3-14(19)11-15/h4-13H,3H2,1-2H3,(H,22,23);3-12H,20H2,1-2H3,(H,21,22);2*2-11H,20H2,1H3,(H,21,22). The van der Waals surface area contributed by atoms with Gasteiger partial charge in [-0.05, 0) is 209 Å². The third-order valence-electron chi connectivity index (χ3n) is 14.6. The number of carbonyl (C=O) groups is 1. The van der Waals surface area contributed by atoms with E-state index in [-0.39, 0.29) is 17.3 Å². The lowest BCUT2D eigenvalue weighted by Gasteiger charge is -2.10. The van der Waals surface area contributed by atoms with E-state index < -0.39 is 10.9 Å². The topological polar surface area (TPSA) is 293 Å². The number of benzene rings is 8. The number of pyridine rings is 4. The van der Waals surface area contributed by atoms with Crippen LogP contribution < -0.4 is 62.2 Å². The van der Waals surface area contributed by atoms with Crippen molar-refractivity contribution in [3.8, 4) is 73.3 Å². The van der Waals surface area contributed by atoms with Crippen LogP contribution in [0.4, 0.5) is 73.2 Å². The minimum Gasteiger partial charge on any atom is -0.497 e. The van der Waals surface area contributed by atoms with E-state index in [1.807, 2.05) is 140 Å². The molecular weight excluding hydrogens is 1280 g/mol. The lowest BCUT2D eigenvalue weighted by atomic mass is 10.1. The molecule has 0 aliphatic rings. The van der Waals surface area contributed by atoms with Crippen LogP contribution in [0.2, 0.25) is 5.02 Å². The molecule has 0 saturated heterocycles. The van der Waals surface area contributed by atoms with Crippen LogP contribution in [0.5, 0.6) is 28.7 Å². The molecule has 0 amide bonds. The largest absolute Gasteiger partial charge is 0.497 e. The van der Waals surface area contributed by atoms with Crippen molar-refractivity contribution in [2.75, 3.05) is 80.6 Å². The van der Waals surface area contributed by atoms with Gasteiger partial charge in [-0.2, -0.15) is 0 Å². The molecule has 0 spiro atoms. The van der Waals surface area contributed by atoms with Crippen molar-refractivity contribution in [1.82, 2.24) is 19.9 Å². The highest BCUT2D eigenvalue weighted by Crippen LogP contribution is 2.36. The van der Waals surface area contributed by atoms with Gasteiger partial charge < -0.3 is 66.9 Å². The van der Waals surface area contributed by atoms with E-state index in [1.54, 1.807) is 121 Å². The van der Waals surface area contributed by atoms with E-state index in [2.05, 4.69) is 41.2 Å². The van der Waals surface area contributed by atoms with Crippen LogP contribution in [0, 0.1) is 15.9 Å². The van der Waals surface area contributed by atoms with E-state index in [4.69, 9.17) is 57.2 Å². The lowest BCUT2D eigenvalue weighted by Crippen LogP contribution is -2.05. The normalized spacial score (nSPS) is 10.3. The van der Waals surface area contributed by atoms with Gasteiger partial charge in [0.25, 0.3) is 0 Å². The number of nitro benzene ring substituents is 1. The molecule has 0 atom stereocenters. The molecule has 99 heavy (non-hydrogen) atoms. The number of carbonyl (C=O) groups excluding carboxylic acids is 1. The molecule has 0 radical (unpaired) electrons. The second-order valence-electron chi connectivity index (χ2n) is 21.3. The first-order valence-corrected chi connectivity index (χ1v) is 30.9. The Balaban J connectivity index is 0.000000155. The Morgan fingerprint density at radius 3 is 1.18 bits per heavy atom. The number of nitro groups is 1. The van der Waals surface area contributed by atoms with Gasteiger partial charge in [-0.25, -0.2) is 29.1 Å². The molecule has 10 N–H and O–H groups in total. The van der Waals surface area contributed by atoms with Crippen molar-refractivity contribution in [3.63, 3.8) is 0 Å². The van der Waals surface area contributed by atoms with Crippen molar-refractivity contribution < 1.29 is 42.5 Å². The molecule has 0 saturated carbocycles. The Labute approximate surface area is 576 Å². The molecule has 8 aromatic carbocycles. The zero-order valence-corrected chi connectivity index (χ0v) is 55.5. The number of rotatable bonds is 20. The average molecular weight is 1350 g/mol. The van der Waals surface area contributed by atoms with Crippen LogP contribution in [0.25, 0.3) is 44.5 Å². The highest BCUT2D eigenvalue weighted by atomic mass is 35.5. The molecule has 12 rings (SSSR count). The van der Waals surface area contributed by atoms with E-state index >= 15 is 0 Å². The highest BCUT2D eigenvalue weighted by Gasteiger charge is 2.17. The van der Waals surface area contributed by atoms with Gasteiger partial charge in [-0.3, -0.25) is 10.1 Å². The number of esters is 1. The van der Waals surface area contributed by atoms with Gasteiger partial charge in [0.2, 0.25) is 0 Å². The van der Waals surface area contributed by atoms with E-state index in [9.17, 15) is 19.3 Å². The van der Waals surface area contributed by atoms with Gasteiger partial charge in [0.1, 0.15) is 52.1 Å². The number of nitrogens with zero attached hydrogens (tertiary/aromatic N) is 5. The number of ether oxygens (including phenoxy) is 6. The zero-order valence-electron chi connectivity index (χ0n) is 54.7. The molecule has 23 heteroatoms. The van der Waals surface area contributed by atoms with Crippen LogP contribution in [-0.2, 0) is 4.74 Å². The van der Waals surface area contributed by atoms with Crippen LogP contribution in [-0.4, -0.2) is 73.0 Å². The fourth-order valence-corrected chi connectivity index (χ4v) is 10.0. The lowest BCUT2D eigenvalue weighted by molar-refractivity contribution is -0.385. The summed E-state index contributed by atoms with van der Waals surface area (Å²) in [5.41, 5.74) is 30.5. The molecule has 21 nitrogen and oxygen atoms in total. The third-order valence-corrected chi connectivity index (χ3v) is 14.9. The van der Waals surface area contributed by atoms with Crippen molar-refractivity contribution in [1.29, 1.82) is 0 Å². The number of nitrogens with two attached hydrogens (primary N) is 3. The van der Waals surface area contributed by atoms with Crippen LogP contribution >= 0.6 is 11.6 Å². The monoisotopic (exact) mass is 1350 g/mol. The number of aromatic nitrogens is 4. The minimum absolute atomic E-state index is 0.113. The minimum atomic E-state index is -0.483. The molecule has 12 aromatic rings. The number of methoxy groups -OCH3 is 5. The van der Waals surface area contributed by atoms with Crippen molar-refractivity contribution in [2.45, 2.75) is 6.92 Å². The summed E-state index contributed by atoms with van der Waals surface area (Å²) in [6.45, 7) is 2.05. The van der Waals surface area contributed by atoms with E-state index in [0.717, 1.165) is 67.7 Å². The summed E-state index contributed by atoms with van der Waals surface area (Å²) in [5, 5.41) is 24.7. The Morgan fingerprint density at radius 2 is 0.798 bits per heavy atom. The smallest absolute Gasteiger partial charge is 0.338 e. The maximum atomic E-state index is 13.2. The number of hydrogen-bond acceptors (Lipinski definition) is 20. The number of nitrogen functional groups attached to an aromatic ring is 3. The highest BCUT2D eigenvalue weighted by molar-refractivity contribution is 6.30. The number of nitrogens with one attached hydrogen (secondary N) is 4. The third kappa shape index (κ3) is 19.8. The number of anilines is 11. The Kier molecular flexibility index (Phi) is 24.5. The summed E-state index contributed by atoms with van der Waals surface area (Å²) in [4.78, 5) is 39.9. The van der Waals surface area contributed by atoms with E-state index in [0.29, 0.717) is 80.1 Å². The Hall–Kier alpha value is -13.0. The van der Waals surface area contributed by atoms with Gasteiger partial charge in [-0.15, -0.1) is 0 Å². The molecule has 0 unspecified atom stereocenters. The average Bonchev–Trinajstić information content (AvgIpc) is 0.878. The van der Waals surface area contributed by atoms with Crippen LogP contribution in [0.15, 0.2) is 243 Å². The fourth-order valence-electron chi connectivity index (χ4n) is 9.83. The molecular formula is C76H70ClFN12O9. The SMILES string of the molecule is CCOC(=O)c1cccc(Nc2cc(-c3ccc(OC)c([N+](=O)[O-])c3)ccn2)c1.COc1ccc(-c2ccnc(Nc3cccc(Cl)c3)c2)cc1N.COc1ccc(-c2ccnc(Nc3cccc(F)c3)c2)cc1N.COc1cccc(Nc2cc(-c3ccc(OC)c(N)c3)ccn2)c1. The molecule has 4 heterocycles. The summed E-state index contributed by atoms with van der Waals surface area (Å²) in [5.74, 6) is 4.90. The number of hydrogen-bond donors (Lipinski definition) is 7. The predicted molar refractivity (Wildman–Crippen MR) is 391 cm³/mol. The van der Waals surface area contributed by atoms with Gasteiger partial charge in [0.05, 0.1) is 69.7 Å². The van der Waals surface area contributed by atoms with Crippen LogP contribution in [0.1, 0.15) is 17.3 Å². The summed E-state index contributed by atoms with van der Waals surface area (Å²) in [6, 6.07) is 65.2. The molecule has 0 bridgehead atoms. The first kappa shape index (κ1) is 70.4. The zero-order chi connectivity index (χ0) is 70.2. The second kappa shape index (κ2) is 34.5. The van der Waals surface area contributed by atoms with Crippen molar-refractivity contribution in [3.05, 3.63) is 270 Å². The quantitative estimate of drug-likeness (QED) is 0.0161. The fraction of sp³-hybridized carbons (Fsp3) is 0.0921. The van der Waals surface area contributed by atoms with Gasteiger partial charge in [0, 0.05) is 64.7 Å². The van der Waals surface area contributed by atoms with Crippen molar-refractivity contribution >= 4 is 86.3 Å². The Morgan fingerprint density at radius 1 is 0.434 bits per heavy atom. The predicted octanol–water partition coefficient (Wildman–Crippen LogP) is 17.6. The number of halogens is 2. The van der Waals surface area contributed by atoms with Crippen molar-refractivity contribution in [2.24, 2.45) is 0 Å². The first-order valence-electron chi connectivity index (χ1n) is 30.5. The summed E-state index contributed by atoms with van der Waals surface area (Å²) in [7, 11) is 7.82. The summed E-state index contributed by atoms with van der Waals surface area (Å²) < 4.78 is 44.1. The summed E-state index contributed by atoms with van der Waals surface area (Å²) in [6.07, 6.45) is 6.81. The van der Waals surface area contributed by atoms with E-state index in [1.165, 1.54) is 25.3 Å². The summed E-state index contributed by atoms with van der Waals surface area (Å²) >= 11 is 6.00. The first-order chi connectivity index (χ1) is 48.0. The maximum Gasteiger partial charge on any atom is 0.338 e. The Bertz CT molecular complexity index is 4620. The molecule has 0 aliphatic carbocycles. The van der Waals surface area contributed by atoms with Gasteiger partial charge in [-0.1, -0.05) is 60.1 Å².